The van der Waals surface area contributed by atoms with E-state index in [1.165, 1.54) is 19.3 Å². The van der Waals surface area contributed by atoms with Crippen LogP contribution in [0.4, 0.5) is 0 Å². The summed E-state index contributed by atoms with van der Waals surface area (Å²) in [5.41, 5.74) is 1.80. The summed E-state index contributed by atoms with van der Waals surface area (Å²) in [5.74, 6) is 0.0491. The number of nitrogens with zero attached hydrogens (tertiary/aromatic N) is 4. The zero-order valence-corrected chi connectivity index (χ0v) is 15.7. The number of aromatic nitrogens is 2. The predicted molar refractivity (Wildman–Crippen MR) is 99.6 cm³/mol. The second-order valence-corrected chi connectivity index (χ2v) is 8.15. The van der Waals surface area contributed by atoms with Crippen molar-refractivity contribution in [2.45, 2.75) is 56.7 Å². The highest BCUT2D eigenvalue weighted by Crippen LogP contribution is 2.42. The molecule has 0 spiro atoms. The third-order valence-corrected chi connectivity index (χ3v) is 6.70. The molecule has 0 radical (unpaired) electrons. The van der Waals surface area contributed by atoms with Crippen LogP contribution in [0.3, 0.4) is 0 Å². The number of rotatable bonds is 2. The van der Waals surface area contributed by atoms with E-state index in [1.807, 2.05) is 43.3 Å². The minimum atomic E-state index is 0.0491. The van der Waals surface area contributed by atoms with Crippen LogP contribution in [-0.2, 0) is 7.05 Å². The summed E-state index contributed by atoms with van der Waals surface area (Å²) in [4.78, 5) is 17.7. The van der Waals surface area contributed by atoms with Crippen molar-refractivity contribution in [2.24, 2.45) is 7.05 Å². The van der Waals surface area contributed by atoms with Gasteiger partial charge in [0.2, 0.25) is 0 Å². The van der Waals surface area contributed by atoms with Gasteiger partial charge in [0.1, 0.15) is 0 Å². The lowest BCUT2D eigenvalue weighted by molar-refractivity contribution is -0.0382. The Morgan fingerprint density at radius 1 is 1.32 bits per heavy atom. The monoisotopic (exact) mass is 340 g/mol. The molecule has 2 bridgehead atoms. The van der Waals surface area contributed by atoms with Crippen molar-refractivity contribution in [3.8, 4) is 0 Å². The van der Waals surface area contributed by atoms with Gasteiger partial charge in [-0.15, -0.1) is 0 Å². The Balaban J connectivity index is 1.62. The fraction of sp³-hybridized carbons (Fsp3) is 0.600. The van der Waals surface area contributed by atoms with Gasteiger partial charge in [0, 0.05) is 37.1 Å². The molecule has 0 aliphatic carbocycles. The van der Waals surface area contributed by atoms with Crippen LogP contribution >= 0.6 is 0 Å². The summed E-state index contributed by atoms with van der Waals surface area (Å²) >= 11 is 0. The zero-order valence-electron chi connectivity index (χ0n) is 15.7. The smallest absolute Gasteiger partial charge is 0.274 e. The molecule has 2 aromatic rings. The fourth-order valence-electron chi connectivity index (χ4n) is 4.96. The third-order valence-electron chi connectivity index (χ3n) is 6.70. The molecule has 2 saturated heterocycles. The molecule has 4 rings (SSSR count). The largest absolute Gasteiger partial charge is 0.337 e. The molecule has 134 valence electrons. The van der Waals surface area contributed by atoms with E-state index in [0.717, 1.165) is 23.7 Å². The summed E-state index contributed by atoms with van der Waals surface area (Å²) in [6.07, 6.45) is 5.90. The quantitative estimate of drug-likeness (QED) is 0.844. The number of hydrogen-bond acceptors (Lipinski definition) is 3. The number of carbonyl (C=O) groups excluding carboxylic acids is 1. The van der Waals surface area contributed by atoms with Crippen LogP contribution in [-0.4, -0.2) is 57.2 Å². The van der Waals surface area contributed by atoms with Gasteiger partial charge in [-0.3, -0.25) is 14.4 Å². The van der Waals surface area contributed by atoms with Gasteiger partial charge >= 0.3 is 0 Å². The first kappa shape index (κ1) is 16.6. The molecule has 3 unspecified atom stereocenters. The van der Waals surface area contributed by atoms with Crippen molar-refractivity contribution in [1.82, 2.24) is 19.6 Å². The summed E-state index contributed by atoms with van der Waals surface area (Å²) in [6, 6.07) is 8.85. The molecule has 2 aliphatic rings. The Labute approximate surface area is 149 Å². The van der Waals surface area contributed by atoms with E-state index in [-0.39, 0.29) is 11.4 Å². The lowest BCUT2D eigenvalue weighted by atomic mass is 9.73. The third kappa shape index (κ3) is 2.56. The number of para-hydroxylation sites is 1. The molecule has 0 saturated carbocycles. The summed E-state index contributed by atoms with van der Waals surface area (Å²) < 4.78 is 1.81. The first-order valence-corrected chi connectivity index (χ1v) is 9.32. The van der Waals surface area contributed by atoms with Crippen LogP contribution in [0.15, 0.2) is 24.3 Å². The molecular weight excluding hydrogens is 312 g/mol. The molecular formula is C20H28N4O. The van der Waals surface area contributed by atoms with E-state index in [2.05, 4.69) is 24.0 Å². The average molecular weight is 340 g/mol. The molecule has 2 aliphatic heterocycles. The van der Waals surface area contributed by atoms with Crippen molar-refractivity contribution in [3.05, 3.63) is 30.0 Å². The van der Waals surface area contributed by atoms with Crippen LogP contribution in [0.2, 0.25) is 0 Å². The second kappa shape index (κ2) is 5.84. The van der Waals surface area contributed by atoms with Gasteiger partial charge in [-0.05, 0) is 45.7 Å². The summed E-state index contributed by atoms with van der Waals surface area (Å²) in [7, 11) is 6.12. The van der Waals surface area contributed by atoms with E-state index >= 15 is 0 Å². The van der Waals surface area contributed by atoms with E-state index in [1.54, 1.807) is 4.68 Å². The van der Waals surface area contributed by atoms with E-state index in [0.29, 0.717) is 17.8 Å². The Kier molecular flexibility index (Phi) is 3.87. The number of piperidine rings is 2. The Morgan fingerprint density at radius 3 is 2.84 bits per heavy atom. The lowest BCUT2D eigenvalue weighted by Gasteiger charge is -2.55. The highest BCUT2D eigenvalue weighted by molar-refractivity contribution is 6.04. The van der Waals surface area contributed by atoms with Crippen LogP contribution in [0.25, 0.3) is 10.9 Å². The normalized spacial score (nSPS) is 29.8. The molecule has 2 fully saturated rings. The van der Waals surface area contributed by atoms with Crippen LogP contribution < -0.4 is 0 Å². The molecule has 25 heavy (non-hydrogen) atoms. The number of aryl methyl sites for hydroxylation is 1. The van der Waals surface area contributed by atoms with E-state index in [9.17, 15) is 4.79 Å². The fourth-order valence-corrected chi connectivity index (χ4v) is 4.96. The topological polar surface area (TPSA) is 41.4 Å². The molecule has 1 aromatic heterocycles. The van der Waals surface area contributed by atoms with Crippen LogP contribution in [0.5, 0.6) is 0 Å². The predicted octanol–water partition coefficient (Wildman–Crippen LogP) is 3.05. The Hall–Kier alpha value is -1.88. The van der Waals surface area contributed by atoms with Gasteiger partial charge < -0.3 is 4.90 Å². The van der Waals surface area contributed by atoms with Gasteiger partial charge in [-0.25, -0.2) is 0 Å². The second-order valence-electron chi connectivity index (χ2n) is 8.15. The van der Waals surface area contributed by atoms with E-state index < -0.39 is 0 Å². The number of benzene rings is 1. The molecule has 3 heterocycles. The SMILES string of the molecule is CN(C(=O)c1nn(C)c2ccccc12)C1CC2CCCC(C)(C1)N2C. The molecule has 5 nitrogen and oxygen atoms in total. The first-order chi connectivity index (χ1) is 11.9. The maximum Gasteiger partial charge on any atom is 0.274 e. The standard InChI is InChI=1S/C20H28N4O/c1-20-11-7-8-14(23(20)3)12-15(13-20)22(2)19(25)18-16-9-5-6-10-17(16)24(4)21-18/h5-6,9-10,14-15H,7-8,11-13H2,1-4H3. The van der Waals surface area contributed by atoms with Crippen molar-refractivity contribution < 1.29 is 4.79 Å². The van der Waals surface area contributed by atoms with Gasteiger partial charge in [0.25, 0.3) is 5.91 Å². The number of amides is 1. The minimum absolute atomic E-state index is 0.0491. The zero-order chi connectivity index (χ0) is 17.8. The highest BCUT2D eigenvalue weighted by atomic mass is 16.2. The average Bonchev–Trinajstić information content (AvgIpc) is 2.92. The Bertz CT molecular complexity index is 813. The highest BCUT2D eigenvalue weighted by Gasteiger charge is 2.45. The minimum Gasteiger partial charge on any atom is -0.337 e. The lowest BCUT2D eigenvalue weighted by Crippen LogP contribution is -2.61. The molecule has 0 N–H and O–H groups in total. The first-order valence-electron chi connectivity index (χ1n) is 9.32. The summed E-state index contributed by atoms with van der Waals surface area (Å²) in [6.45, 7) is 2.36. The van der Waals surface area contributed by atoms with Gasteiger partial charge in [-0.2, -0.15) is 5.10 Å². The van der Waals surface area contributed by atoms with Crippen molar-refractivity contribution in [2.75, 3.05) is 14.1 Å². The summed E-state index contributed by atoms with van der Waals surface area (Å²) in [5, 5.41) is 5.47. The number of fused-ring (bicyclic) bond motifs is 3. The van der Waals surface area contributed by atoms with E-state index in [4.69, 9.17) is 0 Å². The van der Waals surface area contributed by atoms with Crippen molar-refractivity contribution in [3.63, 3.8) is 0 Å². The van der Waals surface area contributed by atoms with Crippen LogP contribution in [0.1, 0.15) is 49.5 Å². The Morgan fingerprint density at radius 2 is 2.08 bits per heavy atom. The molecule has 1 amide bonds. The van der Waals surface area contributed by atoms with Gasteiger partial charge in [-0.1, -0.05) is 24.6 Å². The molecule has 5 heteroatoms. The van der Waals surface area contributed by atoms with Gasteiger partial charge in [0.15, 0.2) is 5.69 Å². The molecule has 3 atom stereocenters. The number of carbonyl (C=O) groups is 1. The molecule has 1 aromatic carbocycles. The van der Waals surface area contributed by atoms with Crippen molar-refractivity contribution >= 4 is 16.8 Å². The maximum atomic E-state index is 13.2. The number of hydrogen-bond donors (Lipinski definition) is 0. The van der Waals surface area contributed by atoms with Crippen molar-refractivity contribution in [1.29, 1.82) is 0 Å². The van der Waals surface area contributed by atoms with Crippen LogP contribution in [0, 0.1) is 0 Å². The van der Waals surface area contributed by atoms with Gasteiger partial charge in [0.05, 0.1) is 5.52 Å². The maximum absolute atomic E-state index is 13.2.